The van der Waals surface area contributed by atoms with Gasteiger partial charge >= 0.3 is 0 Å². The highest BCUT2D eigenvalue weighted by Crippen LogP contribution is 2.61. The monoisotopic (exact) mass is 620 g/mol. The Hall–Kier alpha value is -1.30. The number of hydrogen-bond donors (Lipinski definition) is 4. The third-order valence-corrected chi connectivity index (χ3v) is 13.2. The van der Waals surface area contributed by atoms with Crippen LogP contribution in [0.25, 0.3) is 0 Å². The van der Waals surface area contributed by atoms with Crippen molar-refractivity contribution in [1.82, 2.24) is 15.3 Å². The molecule has 1 saturated heterocycles. The third kappa shape index (κ3) is 6.33. The highest BCUT2D eigenvalue weighted by molar-refractivity contribution is 5.83. The van der Waals surface area contributed by atoms with Crippen LogP contribution in [-0.4, -0.2) is 103 Å². The van der Waals surface area contributed by atoms with E-state index in [2.05, 4.69) is 45.1 Å². The van der Waals surface area contributed by atoms with Gasteiger partial charge < -0.3 is 30.9 Å². The average molecular weight is 621 g/mol. The number of ether oxygens (including phenoxy) is 1. The fraction of sp³-hybridized carbons (Fsp3) is 0.941. The van der Waals surface area contributed by atoms with Crippen LogP contribution in [0.15, 0.2) is 0 Å². The van der Waals surface area contributed by atoms with Gasteiger partial charge in [0.1, 0.15) is 12.1 Å². The van der Waals surface area contributed by atoms with Crippen molar-refractivity contribution in [3.63, 3.8) is 0 Å². The largest absolute Gasteiger partial charge is 0.394 e. The van der Waals surface area contributed by atoms with E-state index in [0.29, 0.717) is 41.7 Å². The predicted molar refractivity (Wildman–Crippen MR) is 168 cm³/mol. The second-order valence-corrected chi connectivity index (χ2v) is 16.0. The first-order chi connectivity index (χ1) is 20.8. The second kappa shape index (κ2) is 13.4. The lowest BCUT2D eigenvalue weighted by atomic mass is 9.45. The van der Waals surface area contributed by atoms with Crippen LogP contribution in [0.4, 0.5) is 0 Å². The van der Waals surface area contributed by atoms with Crippen LogP contribution < -0.4 is 11.1 Å². The van der Waals surface area contributed by atoms with E-state index in [9.17, 15) is 19.8 Å². The number of fused-ring (bicyclic) bond motifs is 2. The first-order valence-corrected chi connectivity index (χ1v) is 17.3. The Morgan fingerprint density at radius 1 is 1.16 bits per heavy atom. The molecular weight excluding hydrogens is 560 g/mol. The van der Waals surface area contributed by atoms with E-state index in [1.54, 1.807) is 19.1 Å². The summed E-state index contributed by atoms with van der Waals surface area (Å²) < 4.78 is 6.25. The molecule has 14 atom stereocenters. The number of hydrogen-bond acceptors (Lipinski definition) is 8. The Labute approximate surface area is 264 Å². The van der Waals surface area contributed by atoms with Crippen molar-refractivity contribution in [1.29, 1.82) is 0 Å². The summed E-state index contributed by atoms with van der Waals surface area (Å²) in [5, 5.41) is 26.3. The van der Waals surface area contributed by atoms with Gasteiger partial charge in [-0.05, 0) is 101 Å². The van der Waals surface area contributed by atoms with E-state index >= 15 is 0 Å². The van der Waals surface area contributed by atoms with Crippen LogP contribution in [0.2, 0.25) is 0 Å². The summed E-state index contributed by atoms with van der Waals surface area (Å²) in [4.78, 5) is 35.0. The van der Waals surface area contributed by atoms with Gasteiger partial charge in [0, 0.05) is 43.5 Å². The molecular formula is C34H60N4O6. The number of aliphatic hydroxyl groups is 2. The van der Waals surface area contributed by atoms with E-state index in [0.717, 1.165) is 44.9 Å². The van der Waals surface area contributed by atoms with Gasteiger partial charge in [-0.3, -0.25) is 14.4 Å². The minimum atomic E-state index is -0.822. The van der Waals surface area contributed by atoms with Gasteiger partial charge in [0.05, 0.1) is 18.8 Å². The normalized spacial score (nSPS) is 44.6. The Bertz CT molecular complexity index is 1020. The van der Waals surface area contributed by atoms with E-state index in [4.69, 9.17) is 15.3 Å². The summed E-state index contributed by atoms with van der Waals surface area (Å²) in [6.07, 6.45) is 6.28. The maximum Gasteiger partial charge on any atom is 0.240 e. The highest BCUT2D eigenvalue weighted by Gasteiger charge is 2.58. The minimum Gasteiger partial charge on any atom is -0.394 e. The first kappa shape index (κ1) is 34.0. The molecule has 10 nitrogen and oxygen atoms in total. The van der Waals surface area contributed by atoms with Crippen molar-refractivity contribution in [2.45, 2.75) is 115 Å². The average Bonchev–Trinajstić information content (AvgIpc) is 3.36. The number of carbonyl (C=O) groups excluding carboxylic acids is 2. The number of hydroxylamine groups is 2. The summed E-state index contributed by atoms with van der Waals surface area (Å²) in [5.74, 6) is 1.30. The molecule has 6 rings (SSSR count). The van der Waals surface area contributed by atoms with Crippen LogP contribution in [-0.2, 0) is 19.2 Å². The lowest BCUT2D eigenvalue weighted by Gasteiger charge is -2.62. The molecule has 1 aliphatic heterocycles. The Morgan fingerprint density at radius 3 is 2.45 bits per heavy atom. The lowest BCUT2D eigenvalue weighted by Crippen LogP contribution is -2.62. The molecule has 0 aromatic rings. The van der Waals surface area contributed by atoms with Crippen molar-refractivity contribution in [2.24, 2.45) is 58.5 Å². The Morgan fingerprint density at radius 2 is 1.89 bits per heavy atom. The van der Waals surface area contributed by atoms with Crippen LogP contribution in [0.1, 0.15) is 79.1 Å². The molecule has 2 bridgehead atoms. The fourth-order valence-corrected chi connectivity index (χ4v) is 10.4. The smallest absolute Gasteiger partial charge is 0.240 e. The number of nitrogens with zero attached hydrogens (tertiary/aromatic N) is 2. The molecule has 2 amide bonds. The van der Waals surface area contributed by atoms with Crippen LogP contribution >= 0.6 is 0 Å². The molecule has 6 unspecified atom stereocenters. The lowest BCUT2D eigenvalue weighted by molar-refractivity contribution is -0.193. The fourth-order valence-electron chi connectivity index (χ4n) is 10.4. The standard InChI is InChI=1S/C34H60N4O6/c1-18-26-14-23(34(26,3)4)15-27(18)36-33(42)30-29(19(2)40)28(17-39)44-38(30)16-20-9-8-10-25(31(20)43-7)21-11-22(32(35)41)13-24(12-21)37(5)6/h18-31,39-40H,8-17H2,1-7H3,(H2,35,41)(H,36,42)/t18-,19-,20?,21?,22?,23+,24?,25?,26-,27-,28-,29-,30-,31?/m0/s1. The summed E-state index contributed by atoms with van der Waals surface area (Å²) in [7, 11) is 5.93. The maximum absolute atomic E-state index is 14.1. The van der Waals surface area contributed by atoms with Crippen molar-refractivity contribution >= 4 is 11.8 Å². The molecule has 44 heavy (non-hydrogen) atoms. The molecule has 0 spiro atoms. The van der Waals surface area contributed by atoms with E-state index in [1.807, 2.05) is 0 Å². The molecule has 10 heteroatoms. The van der Waals surface area contributed by atoms with E-state index in [-0.39, 0.29) is 48.3 Å². The SMILES string of the molecule is COC1C(CN2O[C@@H](CO)[C@H]([C@H](C)O)[C@H]2C(=O)N[C@H]2C[C@H]3C[C@@H]([C@@H]2C)C3(C)C)CCCC1C1CC(C(N)=O)CC(N(C)C)C1. The Balaban J connectivity index is 1.33. The zero-order valence-electron chi connectivity index (χ0n) is 28.2. The molecule has 5 aliphatic carbocycles. The van der Waals surface area contributed by atoms with Crippen molar-refractivity contribution in [3.8, 4) is 0 Å². The zero-order valence-corrected chi connectivity index (χ0v) is 28.2. The van der Waals surface area contributed by atoms with Crippen molar-refractivity contribution in [2.75, 3.05) is 34.4 Å². The van der Waals surface area contributed by atoms with Gasteiger partial charge in [0.2, 0.25) is 11.8 Å². The highest BCUT2D eigenvalue weighted by atomic mass is 16.7. The predicted octanol–water partition coefficient (Wildman–Crippen LogP) is 2.41. The van der Waals surface area contributed by atoms with Crippen LogP contribution in [0, 0.1) is 52.8 Å². The molecule has 6 fully saturated rings. The van der Waals surface area contributed by atoms with Gasteiger partial charge in [-0.2, -0.15) is 5.06 Å². The number of aliphatic hydroxyl groups excluding tert-OH is 2. The molecule has 0 aromatic carbocycles. The van der Waals surface area contributed by atoms with E-state index in [1.165, 1.54) is 6.42 Å². The number of nitrogens with two attached hydrogens (primary N) is 1. The molecule has 5 N–H and O–H groups in total. The quantitative estimate of drug-likeness (QED) is 0.292. The van der Waals surface area contributed by atoms with Gasteiger partial charge in [-0.15, -0.1) is 0 Å². The number of carbonyl (C=O) groups is 2. The molecule has 5 saturated carbocycles. The summed E-state index contributed by atoms with van der Waals surface area (Å²) >= 11 is 0. The summed E-state index contributed by atoms with van der Waals surface area (Å²) in [6.45, 7) is 8.88. The number of rotatable bonds is 10. The Kier molecular flexibility index (Phi) is 10.4. The van der Waals surface area contributed by atoms with Crippen molar-refractivity contribution < 1.29 is 29.4 Å². The molecule has 252 valence electrons. The number of amides is 2. The minimum absolute atomic E-state index is 0.0543. The van der Waals surface area contributed by atoms with Crippen molar-refractivity contribution in [3.05, 3.63) is 0 Å². The van der Waals surface area contributed by atoms with Gasteiger partial charge in [0.25, 0.3) is 0 Å². The zero-order chi connectivity index (χ0) is 32.1. The molecule has 1 heterocycles. The third-order valence-electron chi connectivity index (χ3n) is 13.2. The number of nitrogens with one attached hydrogen (secondary N) is 1. The second-order valence-electron chi connectivity index (χ2n) is 16.0. The molecule has 0 radical (unpaired) electrons. The maximum atomic E-state index is 14.1. The summed E-state index contributed by atoms with van der Waals surface area (Å²) in [6, 6.07) is -0.297. The van der Waals surface area contributed by atoms with Crippen LogP contribution in [0.3, 0.4) is 0 Å². The molecule has 0 aromatic heterocycles. The molecule has 6 aliphatic rings. The van der Waals surface area contributed by atoms with E-state index < -0.39 is 24.2 Å². The van der Waals surface area contributed by atoms with Gasteiger partial charge in [0.15, 0.2) is 0 Å². The van der Waals surface area contributed by atoms with Gasteiger partial charge in [-0.1, -0.05) is 27.2 Å². The topological polar surface area (TPSA) is 138 Å². The summed E-state index contributed by atoms with van der Waals surface area (Å²) in [5.41, 5.74) is 6.16. The number of primary amides is 1. The van der Waals surface area contributed by atoms with Gasteiger partial charge in [-0.25, -0.2) is 0 Å². The van der Waals surface area contributed by atoms with Crippen LogP contribution in [0.5, 0.6) is 0 Å². The number of methoxy groups -OCH3 is 1. The first-order valence-electron chi connectivity index (χ1n) is 17.3.